The van der Waals surface area contributed by atoms with Gasteiger partial charge in [-0.25, -0.2) is 5.43 Å². The lowest BCUT2D eigenvalue weighted by Crippen LogP contribution is -2.27. The molecule has 1 heterocycles. The number of pyridine rings is 1. The monoisotopic (exact) mass is 192 g/mol. The van der Waals surface area contributed by atoms with Gasteiger partial charge in [-0.3, -0.25) is 9.78 Å². The van der Waals surface area contributed by atoms with Gasteiger partial charge in [-0.2, -0.15) is 5.10 Å². The quantitative estimate of drug-likeness (QED) is 0.517. The van der Waals surface area contributed by atoms with Gasteiger partial charge in [0.25, 0.3) is 5.91 Å². The second kappa shape index (κ2) is 5.08. The van der Waals surface area contributed by atoms with Gasteiger partial charge in [0.15, 0.2) is 0 Å². The van der Waals surface area contributed by atoms with Crippen LogP contribution >= 0.6 is 0 Å². The summed E-state index contributed by atoms with van der Waals surface area (Å²) in [6, 6.07) is 3.63. The molecule has 5 heteroatoms. The van der Waals surface area contributed by atoms with E-state index in [1.165, 1.54) is 0 Å². The van der Waals surface area contributed by atoms with Crippen molar-refractivity contribution < 1.29 is 4.79 Å². The normalized spacial score (nSPS) is 11.1. The van der Waals surface area contributed by atoms with Crippen molar-refractivity contribution in [1.82, 2.24) is 10.4 Å². The van der Waals surface area contributed by atoms with Crippen molar-refractivity contribution in [2.24, 2.45) is 10.8 Å². The number of hydrogen-bond donors (Lipinski definition) is 2. The van der Waals surface area contributed by atoms with Gasteiger partial charge in [-0.15, -0.1) is 0 Å². The Balaban J connectivity index is 2.66. The van der Waals surface area contributed by atoms with Crippen molar-refractivity contribution in [1.29, 1.82) is 0 Å². The van der Waals surface area contributed by atoms with Crippen molar-refractivity contribution in [2.45, 2.75) is 6.92 Å². The number of carbonyl (C=O) groups excluding carboxylic acids is 1. The second-order valence-corrected chi connectivity index (χ2v) is 2.67. The summed E-state index contributed by atoms with van der Waals surface area (Å²) in [5.74, 6) is -0.307. The predicted molar refractivity (Wildman–Crippen MR) is 53.6 cm³/mol. The fourth-order valence-corrected chi connectivity index (χ4v) is 0.850. The summed E-state index contributed by atoms with van der Waals surface area (Å²) in [4.78, 5) is 14.7. The maximum Gasteiger partial charge on any atom is 0.253 e. The topological polar surface area (TPSA) is 80.4 Å². The van der Waals surface area contributed by atoms with E-state index in [1.807, 2.05) is 12.1 Å². The van der Waals surface area contributed by atoms with Crippen LogP contribution in [0, 0.1) is 0 Å². The van der Waals surface area contributed by atoms with Gasteiger partial charge < -0.3 is 5.73 Å². The highest BCUT2D eigenvalue weighted by molar-refractivity contribution is 5.99. The fourth-order valence-electron chi connectivity index (χ4n) is 0.850. The summed E-state index contributed by atoms with van der Waals surface area (Å²) in [5.41, 5.74) is 9.07. The fraction of sp³-hybridized carbons (Fsp3) is 0.222. The van der Waals surface area contributed by atoms with Crippen molar-refractivity contribution in [3.05, 3.63) is 30.1 Å². The van der Waals surface area contributed by atoms with E-state index in [-0.39, 0.29) is 12.5 Å². The highest BCUT2D eigenvalue weighted by atomic mass is 16.2. The van der Waals surface area contributed by atoms with E-state index in [1.54, 1.807) is 19.3 Å². The molecular formula is C9H12N4O. The van der Waals surface area contributed by atoms with Gasteiger partial charge in [0.05, 0.1) is 12.3 Å². The summed E-state index contributed by atoms with van der Waals surface area (Å²) in [5, 5.41) is 3.87. The van der Waals surface area contributed by atoms with Crippen molar-refractivity contribution in [3.63, 3.8) is 0 Å². The van der Waals surface area contributed by atoms with Crippen LogP contribution in [-0.4, -0.2) is 23.1 Å². The summed E-state index contributed by atoms with van der Waals surface area (Å²) in [6.07, 6.45) is 3.33. The van der Waals surface area contributed by atoms with Crippen LogP contribution in [-0.2, 0) is 4.79 Å². The maximum atomic E-state index is 10.8. The van der Waals surface area contributed by atoms with Crippen LogP contribution in [0.4, 0.5) is 0 Å². The number of nitrogens with one attached hydrogen (secondary N) is 1. The first-order chi connectivity index (χ1) is 6.74. The number of nitrogens with zero attached hydrogens (tertiary/aromatic N) is 2. The average molecular weight is 192 g/mol. The molecule has 0 saturated carbocycles. The van der Waals surface area contributed by atoms with Gasteiger partial charge in [-0.1, -0.05) is 0 Å². The molecule has 14 heavy (non-hydrogen) atoms. The van der Waals surface area contributed by atoms with Crippen LogP contribution in [0.15, 0.2) is 29.6 Å². The average Bonchev–Trinajstić information content (AvgIpc) is 2.26. The van der Waals surface area contributed by atoms with E-state index in [4.69, 9.17) is 5.73 Å². The van der Waals surface area contributed by atoms with E-state index in [0.29, 0.717) is 5.71 Å². The number of aromatic nitrogens is 1. The zero-order chi connectivity index (χ0) is 10.4. The number of carbonyl (C=O) groups is 1. The Hall–Kier alpha value is -1.75. The minimum Gasteiger partial charge on any atom is -0.322 e. The first-order valence-electron chi connectivity index (χ1n) is 4.17. The summed E-state index contributed by atoms with van der Waals surface area (Å²) in [6.45, 7) is 1.74. The Morgan fingerprint density at radius 2 is 2.21 bits per heavy atom. The molecule has 0 saturated heterocycles. The Morgan fingerprint density at radius 1 is 1.57 bits per heavy atom. The van der Waals surface area contributed by atoms with Crippen molar-refractivity contribution >= 4 is 11.6 Å². The Kier molecular flexibility index (Phi) is 3.75. The van der Waals surface area contributed by atoms with Crippen LogP contribution in [0.2, 0.25) is 0 Å². The third-order valence-corrected chi connectivity index (χ3v) is 1.63. The molecule has 0 atom stereocenters. The molecule has 0 fully saturated rings. The van der Waals surface area contributed by atoms with Gasteiger partial charge in [0.2, 0.25) is 0 Å². The summed E-state index contributed by atoms with van der Waals surface area (Å²) in [7, 11) is 0. The maximum absolute atomic E-state index is 10.8. The molecular weight excluding hydrogens is 180 g/mol. The second-order valence-electron chi connectivity index (χ2n) is 2.67. The van der Waals surface area contributed by atoms with Crippen LogP contribution in [0.1, 0.15) is 12.5 Å². The van der Waals surface area contributed by atoms with Gasteiger partial charge in [-0.05, 0) is 19.1 Å². The molecule has 1 aromatic heterocycles. The number of hydrogen-bond acceptors (Lipinski definition) is 4. The molecule has 0 radical (unpaired) electrons. The summed E-state index contributed by atoms with van der Waals surface area (Å²) >= 11 is 0. The minimum absolute atomic E-state index is 0.0624. The molecule has 74 valence electrons. The predicted octanol–water partition coefficient (Wildman–Crippen LogP) is -0.119. The highest BCUT2D eigenvalue weighted by Crippen LogP contribution is 1.97. The molecule has 0 aliphatic heterocycles. The Bertz CT molecular complexity index is 334. The largest absolute Gasteiger partial charge is 0.322 e. The first kappa shape index (κ1) is 10.3. The molecule has 0 aliphatic rings. The molecule has 0 unspecified atom stereocenters. The van der Waals surface area contributed by atoms with E-state index in [0.717, 1.165) is 5.56 Å². The molecule has 0 bridgehead atoms. The summed E-state index contributed by atoms with van der Waals surface area (Å²) < 4.78 is 0. The lowest BCUT2D eigenvalue weighted by atomic mass is 10.2. The van der Waals surface area contributed by atoms with Crippen LogP contribution in [0.3, 0.4) is 0 Å². The SMILES string of the molecule is CC(=NNC(=O)CN)c1ccncc1. The molecule has 5 nitrogen and oxygen atoms in total. The van der Waals surface area contributed by atoms with E-state index >= 15 is 0 Å². The standard InChI is InChI=1S/C9H12N4O/c1-7(12-13-9(14)6-10)8-2-4-11-5-3-8/h2-5H,6,10H2,1H3,(H,13,14). The van der Waals surface area contributed by atoms with E-state index in [2.05, 4.69) is 15.5 Å². The molecule has 3 N–H and O–H groups in total. The Morgan fingerprint density at radius 3 is 2.79 bits per heavy atom. The molecule has 0 aromatic carbocycles. The van der Waals surface area contributed by atoms with Crippen molar-refractivity contribution in [2.75, 3.05) is 6.54 Å². The lowest BCUT2D eigenvalue weighted by Gasteiger charge is -2.00. The van der Waals surface area contributed by atoms with Crippen molar-refractivity contribution in [3.8, 4) is 0 Å². The van der Waals surface area contributed by atoms with Gasteiger partial charge in [0.1, 0.15) is 0 Å². The highest BCUT2D eigenvalue weighted by Gasteiger charge is 1.97. The molecule has 1 amide bonds. The smallest absolute Gasteiger partial charge is 0.253 e. The number of amides is 1. The minimum atomic E-state index is -0.307. The third-order valence-electron chi connectivity index (χ3n) is 1.63. The third kappa shape index (κ3) is 2.95. The molecule has 1 aromatic rings. The molecule has 1 rings (SSSR count). The lowest BCUT2D eigenvalue weighted by molar-refractivity contribution is -0.119. The molecule has 0 aliphatic carbocycles. The number of nitrogens with two attached hydrogens (primary N) is 1. The number of hydrazone groups is 1. The number of rotatable bonds is 3. The van der Waals surface area contributed by atoms with Crippen LogP contribution in [0.5, 0.6) is 0 Å². The van der Waals surface area contributed by atoms with E-state index in [9.17, 15) is 4.79 Å². The first-order valence-corrected chi connectivity index (χ1v) is 4.17. The van der Waals surface area contributed by atoms with Gasteiger partial charge >= 0.3 is 0 Å². The Labute approximate surface area is 82.0 Å². The van der Waals surface area contributed by atoms with Gasteiger partial charge in [0, 0.05) is 18.0 Å². The zero-order valence-corrected chi connectivity index (χ0v) is 7.90. The van der Waals surface area contributed by atoms with Crippen LogP contribution in [0.25, 0.3) is 0 Å². The van der Waals surface area contributed by atoms with E-state index < -0.39 is 0 Å². The zero-order valence-electron chi connectivity index (χ0n) is 7.90. The van der Waals surface area contributed by atoms with Crippen LogP contribution < -0.4 is 11.2 Å². The molecule has 0 spiro atoms.